The van der Waals surface area contributed by atoms with Gasteiger partial charge in [0.1, 0.15) is 0 Å². The summed E-state index contributed by atoms with van der Waals surface area (Å²) in [5.74, 6) is 0. The first-order valence-electron chi connectivity index (χ1n) is 7.40. The number of anilines is 1. The van der Waals surface area contributed by atoms with Gasteiger partial charge in [-0.3, -0.25) is 0 Å². The van der Waals surface area contributed by atoms with Crippen molar-refractivity contribution in [3.8, 4) is 0 Å². The van der Waals surface area contributed by atoms with Crippen LogP contribution in [0.4, 0.5) is 5.69 Å². The van der Waals surface area contributed by atoms with Gasteiger partial charge in [-0.2, -0.15) is 0 Å². The van der Waals surface area contributed by atoms with Crippen LogP contribution >= 0.6 is 12.2 Å². The van der Waals surface area contributed by atoms with Gasteiger partial charge >= 0.3 is 0 Å². The SMILES string of the molecule is CN(C(=S)NCC1CCCO1)C1=Cc2ccccc2NC1. The van der Waals surface area contributed by atoms with Crippen molar-refractivity contribution in [1.29, 1.82) is 0 Å². The third-order valence-corrected chi connectivity index (χ3v) is 4.40. The first-order chi connectivity index (χ1) is 10.2. The zero-order valence-corrected chi connectivity index (χ0v) is 13.1. The molecule has 1 unspecified atom stereocenters. The predicted octanol–water partition coefficient (Wildman–Crippen LogP) is 2.44. The maximum atomic E-state index is 5.61. The number of fused-ring (bicyclic) bond motifs is 1. The predicted molar refractivity (Wildman–Crippen MR) is 90.2 cm³/mol. The normalized spacial score (nSPS) is 20.2. The number of nitrogens with zero attached hydrogens (tertiary/aromatic N) is 1. The summed E-state index contributed by atoms with van der Waals surface area (Å²) in [6.07, 6.45) is 4.76. The highest BCUT2D eigenvalue weighted by molar-refractivity contribution is 7.80. The molecule has 0 aliphatic carbocycles. The van der Waals surface area contributed by atoms with Gasteiger partial charge in [-0.1, -0.05) is 18.2 Å². The number of nitrogens with one attached hydrogen (secondary N) is 2. The average Bonchev–Trinajstić information content (AvgIpc) is 3.05. The first-order valence-corrected chi connectivity index (χ1v) is 7.81. The number of likely N-dealkylation sites (N-methyl/N-ethyl adjacent to an activating group) is 1. The summed E-state index contributed by atoms with van der Waals surface area (Å²) in [7, 11) is 2.01. The molecule has 1 atom stereocenters. The molecule has 112 valence electrons. The van der Waals surface area contributed by atoms with Gasteiger partial charge < -0.3 is 20.3 Å². The van der Waals surface area contributed by atoms with Crippen LogP contribution in [-0.2, 0) is 4.74 Å². The number of thiocarbonyl (C=S) groups is 1. The lowest BCUT2D eigenvalue weighted by Crippen LogP contribution is -2.41. The monoisotopic (exact) mass is 303 g/mol. The van der Waals surface area contributed by atoms with E-state index in [9.17, 15) is 0 Å². The first kappa shape index (κ1) is 14.4. The van der Waals surface area contributed by atoms with Crippen molar-refractivity contribution in [2.24, 2.45) is 0 Å². The summed E-state index contributed by atoms with van der Waals surface area (Å²) in [6, 6.07) is 8.30. The van der Waals surface area contributed by atoms with Crippen LogP contribution in [0.15, 0.2) is 30.0 Å². The Kier molecular flexibility index (Phi) is 4.41. The highest BCUT2D eigenvalue weighted by Crippen LogP contribution is 2.24. The van der Waals surface area contributed by atoms with E-state index < -0.39 is 0 Å². The van der Waals surface area contributed by atoms with Crippen LogP contribution in [0.5, 0.6) is 0 Å². The number of para-hydroxylation sites is 1. The van der Waals surface area contributed by atoms with Crippen molar-refractivity contribution >= 4 is 29.1 Å². The topological polar surface area (TPSA) is 36.5 Å². The Hall–Kier alpha value is -1.59. The Morgan fingerprint density at radius 3 is 3.14 bits per heavy atom. The van der Waals surface area contributed by atoms with E-state index >= 15 is 0 Å². The zero-order valence-electron chi connectivity index (χ0n) is 12.3. The summed E-state index contributed by atoms with van der Waals surface area (Å²) in [5, 5.41) is 7.48. The molecule has 3 rings (SSSR count). The molecular formula is C16H21N3OS. The Morgan fingerprint density at radius 1 is 1.48 bits per heavy atom. The molecule has 21 heavy (non-hydrogen) atoms. The summed E-state index contributed by atoms with van der Waals surface area (Å²) in [5.41, 5.74) is 3.54. The van der Waals surface area contributed by atoms with Crippen LogP contribution < -0.4 is 10.6 Å². The second-order valence-electron chi connectivity index (χ2n) is 5.46. The minimum Gasteiger partial charge on any atom is -0.379 e. The van der Waals surface area contributed by atoms with Crippen LogP contribution in [0.1, 0.15) is 18.4 Å². The second-order valence-corrected chi connectivity index (χ2v) is 5.84. The van der Waals surface area contributed by atoms with Crippen molar-refractivity contribution in [3.05, 3.63) is 35.5 Å². The van der Waals surface area contributed by atoms with Gasteiger partial charge in [0.15, 0.2) is 5.11 Å². The molecule has 0 saturated carbocycles. The number of benzene rings is 1. The van der Waals surface area contributed by atoms with Gasteiger partial charge in [0, 0.05) is 31.6 Å². The third-order valence-electron chi connectivity index (χ3n) is 3.98. The van der Waals surface area contributed by atoms with Crippen molar-refractivity contribution in [2.75, 3.05) is 32.1 Å². The molecule has 0 radical (unpaired) electrons. The lowest BCUT2D eigenvalue weighted by atomic mass is 10.1. The van der Waals surface area contributed by atoms with Gasteiger partial charge in [-0.25, -0.2) is 0 Å². The summed E-state index contributed by atoms with van der Waals surface area (Å²) >= 11 is 5.48. The molecule has 0 spiro atoms. The van der Waals surface area contributed by atoms with Gasteiger partial charge in [0.25, 0.3) is 0 Å². The highest BCUT2D eigenvalue weighted by Gasteiger charge is 2.18. The molecule has 2 heterocycles. The quantitative estimate of drug-likeness (QED) is 0.839. The fourth-order valence-corrected chi connectivity index (χ4v) is 2.87. The molecule has 1 aromatic rings. The second kappa shape index (κ2) is 6.45. The summed E-state index contributed by atoms with van der Waals surface area (Å²) in [4.78, 5) is 2.03. The molecule has 5 heteroatoms. The molecule has 0 aromatic heterocycles. The van der Waals surface area contributed by atoms with Crippen molar-refractivity contribution < 1.29 is 4.74 Å². The van der Waals surface area contributed by atoms with Gasteiger partial charge in [-0.05, 0) is 42.8 Å². The van der Waals surface area contributed by atoms with Crippen molar-refractivity contribution in [2.45, 2.75) is 18.9 Å². The summed E-state index contributed by atoms with van der Waals surface area (Å²) < 4.78 is 5.61. The molecule has 1 saturated heterocycles. The molecule has 2 N–H and O–H groups in total. The van der Waals surface area contributed by atoms with Crippen LogP contribution in [0, 0.1) is 0 Å². The van der Waals surface area contributed by atoms with Crippen molar-refractivity contribution in [1.82, 2.24) is 10.2 Å². The molecule has 0 bridgehead atoms. The Labute approximate surface area is 131 Å². The Balaban J connectivity index is 1.61. The van der Waals surface area contributed by atoms with E-state index in [2.05, 4.69) is 28.8 Å². The standard InChI is InChI=1S/C16H21N3OS/c1-19(16(21)18-11-14-6-4-8-20-14)13-9-12-5-2-3-7-15(12)17-10-13/h2-3,5,7,9,14,17H,4,6,8,10-11H2,1H3,(H,18,21). The van der Waals surface area contributed by atoms with Crippen LogP contribution in [-0.4, -0.2) is 42.9 Å². The number of hydrogen-bond acceptors (Lipinski definition) is 3. The number of rotatable bonds is 3. The lowest BCUT2D eigenvalue weighted by molar-refractivity contribution is 0.113. The van der Waals surface area contributed by atoms with Gasteiger partial charge in [-0.15, -0.1) is 0 Å². The van der Waals surface area contributed by atoms with E-state index in [0.29, 0.717) is 6.10 Å². The smallest absolute Gasteiger partial charge is 0.173 e. The lowest BCUT2D eigenvalue weighted by Gasteiger charge is -2.28. The fourth-order valence-electron chi connectivity index (χ4n) is 2.67. The van der Waals surface area contributed by atoms with E-state index in [1.165, 1.54) is 16.9 Å². The third kappa shape index (κ3) is 3.36. The largest absolute Gasteiger partial charge is 0.379 e. The number of hydrogen-bond donors (Lipinski definition) is 2. The van der Waals surface area contributed by atoms with Gasteiger partial charge in [0.05, 0.1) is 12.6 Å². The maximum absolute atomic E-state index is 5.61. The molecule has 2 aliphatic heterocycles. The van der Waals surface area contributed by atoms with E-state index in [1.54, 1.807) is 0 Å². The summed E-state index contributed by atoms with van der Waals surface area (Å²) in [6.45, 7) is 2.45. The molecule has 4 nitrogen and oxygen atoms in total. The number of ether oxygens (including phenoxy) is 1. The molecule has 1 aromatic carbocycles. The minimum absolute atomic E-state index is 0.301. The molecule has 0 amide bonds. The molecular weight excluding hydrogens is 282 g/mol. The molecule has 1 fully saturated rings. The Morgan fingerprint density at radius 2 is 2.33 bits per heavy atom. The fraction of sp³-hybridized carbons (Fsp3) is 0.438. The minimum atomic E-state index is 0.301. The van der Waals surface area contributed by atoms with E-state index in [-0.39, 0.29) is 0 Å². The van der Waals surface area contributed by atoms with Crippen LogP contribution in [0.2, 0.25) is 0 Å². The van der Waals surface area contributed by atoms with E-state index in [1.807, 2.05) is 24.1 Å². The zero-order chi connectivity index (χ0) is 14.7. The molecule has 2 aliphatic rings. The van der Waals surface area contributed by atoms with E-state index in [4.69, 9.17) is 17.0 Å². The van der Waals surface area contributed by atoms with Crippen molar-refractivity contribution in [3.63, 3.8) is 0 Å². The maximum Gasteiger partial charge on any atom is 0.173 e. The van der Waals surface area contributed by atoms with Crippen LogP contribution in [0.25, 0.3) is 6.08 Å². The highest BCUT2D eigenvalue weighted by atomic mass is 32.1. The average molecular weight is 303 g/mol. The van der Waals surface area contributed by atoms with Crippen LogP contribution in [0.3, 0.4) is 0 Å². The van der Waals surface area contributed by atoms with E-state index in [0.717, 1.165) is 37.7 Å². The Bertz CT molecular complexity index is 552. The van der Waals surface area contributed by atoms with Gasteiger partial charge in [0.2, 0.25) is 0 Å².